The van der Waals surface area contributed by atoms with Gasteiger partial charge in [0.1, 0.15) is 5.52 Å². The van der Waals surface area contributed by atoms with Gasteiger partial charge < -0.3 is 15.2 Å². The van der Waals surface area contributed by atoms with Gasteiger partial charge >= 0.3 is 0 Å². The van der Waals surface area contributed by atoms with E-state index in [1.807, 2.05) is 18.3 Å². The molecule has 2 N–H and O–H groups in total. The maximum absolute atomic E-state index is 12.0. The highest BCUT2D eigenvalue weighted by molar-refractivity contribution is 7.91. The Hall–Kier alpha value is -2.45. The van der Waals surface area contributed by atoms with Crippen LogP contribution in [0.15, 0.2) is 47.8 Å². The Kier molecular flexibility index (Phi) is 5.32. The number of nitrogens with one attached hydrogen (secondary N) is 2. The molecule has 0 spiro atoms. The maximum Gasteiger partial charge on any atom is 0.178 e. The van der Waals surface area contributed by atoms with E-state index in [0.29, 0.717) is 10.9 Å². The molecule has 148 valence electrons. The van der Waals surface area contributed by atoms with Crippen LogP contribution in [0.1, 0.15) is 25.3 Å². The third kappa shape index (κ3) is 3.88. The van der Waals surface area contributed by atoms with Crippen LogP contribution in [0.5, 0.6) is 0 Å². The highest BCUT2D eigenvalue weighted by atomic mass is 32.2. The SMILES string of the molecule is CCS(=O)(=O)c1ccc(N2CCC(NCc3c[nH]c4nccnc34)CC2)cc1. The average molecular weight is 400 g/mol. The van der Waals surface area contributed by atoms with Crippen LogP contribution in [0.4, 0.5) is 5.69 Å². The summed E-state index contributed by atoms with van der Waals surface area (Å²) in [5.41, 5.74) is 3.97. The summed E-state index contributed by atoms with van der Waals surface area (Å²) in [5, 5.41) is 3.63. The molecule has 1 aliphatic heterocycles. The normalized spacial score (nSPS) is 16.0. The van der Waals surface area contributed by atoms with Gasteiger partial charge in [-0.2, -0.15) is 0 Å². The molecule has 7 nitrogen and oxygen atoms in total. The fraction of sp³-hybridized carbons (Fsp3) is 0.400. The lowest BCUT2D eigenvalue weighted by molar-refractivity contribution is 0.414. The fourth-order valence-electron chi connectivity index (χ4n) is 3.66. The van der Waals surface area contributed by atoms with Gasteiger partial charge in [-0.25, -0.2) is 13.4 Å². The Labute approximate surface area is 165 Å². The van der Waals surface area contributed by atoms with E-state index in [2.05, 4.69) is 25.2 Å². The molecule has 0 aliphatic carbocycles. The van der Waals surface area contributed by atoms with Crippen molar-refractivity contribution in [2.75, 3.05) is 23.7 Å². The summed E-state index contributed by atoms with van der Waals surface area (Å²) in [6, 6.07) is 7.73. The zero-order valence-corrected chi connectivity index (χ0v) is 16.7. The molecule has 3 aromatic rings. The largest absolute Gasteiger partial charge is 0.371 e. The second-order valence-corrected chi connectivity index (χ2v) is 9.39. The molecule has 1 saturated heterocycles. The number of benzene rings is 1. The van der Waals surface area contributed by atoms with Gasteiger partial charge in [0.15, 0.2) is 15.5 Å². The number of anilines is 1. The van der Waals surface area contributed by atoms with Crippen molar-refractivity contribution in [1.82, 2.24) is 20.3 Å². The molecule has 0 bridgehead atoms. The maximum atomic E-state index is 12.0. The minimum absolute atomic E-state index is 0.130. The Morgan fingerprint density at radius 3 is 2.57 bits per heavy atom. The first kappa shape index (κ1) is 18.9. The number of aromatic amines is 1. The average Bonchev–Trinajstić information content (AvgIpc) is 3.16. The first-order chi connectivity index (χ1) is 13.6. The standard InChI is InChI=1S/C20H25N5O2S/c1-2-28(26,27)18-5-3-17(4-6-18)25-11-7-16(8-12-25)23-13-15-14-24-20-19(15)21-9-10-22-20/h3-6,9-10,14,16,23H,2,7-8,11-13H2,1H3,(H,22,24). The molecule has 1 aromatic carbocycles. The van der Waals surface area contributed by atoms with Gasteiger partial charge in [0.2, 0.25) is 0 Å². The molecule has 1 aliphatic rings. The van der Waals surface area contributed by atoms with Gasteiger partial charge in [0.25, 0.3) is 0 Å². The number of nitrogens with zero attached hydrogens (tertiary/aromatic N) is 3. The summed E-state index contributed by atoms with van der Waals surface area (Å²) in [5.74, 6) is 0.130. The van der Waals surface area contributed by atoms with E-state index in [-0.39, 0.29) is 5.75 Å². The number of hydrogen-bond donors (Lipinski definition) is 2. The Morgan fingerprint density at radius 2 is 1.86 bits per heavy atom. The highest BCUT2D eigenvalue weighted by Gasteiger charge is 2.20. The van der Waals surface area contributed by atoms with Crippen LogP contribution >= 0.6 is 0 Å². The predicted molar refractivity (Wildman–Crippen MR) is 110 cm³/mol. The van der Waals surface area contributed by atoms with Gasteiger partial charge in [0, 0.05) is 55.5 Å². The minimum atomic E-state index is -3.14. The number of hydrogen-bond acceptors (Lipinski definition) is 6. The van der Waals surface area contributed by atoms with E-state index in [1.54, 1.807) is 31.5 Å². The van der Waals surface area contributed by atoms with Gasteiger partial charge in [-0.05, 0) is 37.1 Å². The van der Waals surface area contributed by atoms with Crippen LogP contribution in [-0.4, -0.2) is 48.3 Å². The zero-order valence-electron chi connectivity index (χ0n) is 15.9. The molecule has 0 radical (unpaired) electrons. The van der Waals surface area contributed by atoms with E-state index in [1.165, 1.54) is 0 Å². The first-order valence-corrected chi connectivity index (χ1v) is 11.3. The zero-order chi connectivity index (χ0) is 19.6. The monoisotopic (exact) mass is 399 g/mol. The van der Waals surface area contributed by atoms with Gasteiger partial charge in [-0.1, -0.05) is 6.92 Å². The van der Waals surface area contributed by atoms with Gasteiger partial charge in [-0.3, -0.25) is 4.98 Å². The summed E-state index contributed by atoms with van der Waals surface area (Å²) < 4.78 is 23.9. The molecule has 0 unspecified atom stereocenters. The van der Waals surface area contributed by atoms with E-state index in [4.69, 9.17) is 0 Å². The summed E-state index contributed by atoms with van der Waals surface area (Å²) >= 11 is 0. The van der Waals surface area contributed by atoms with Crippen LogP contribution in [0, 0.1) is 0 Å². The van der Waals surface area contributed by atoms with Crippen molar-refractivity contribution in [1.29, 1.82) is 0 Å². The van der Waals surface area contributed by atoms with E-state index in [0.717, 1.165) is 54.9 Å². The molecule has 0 atom stereocenters. The van der Waals surface area contributed by atoms with Gasteiger partial charge in [-0.15, -0.1) is 0 Å². The molecule has 8 heteroatoms. The van der Waals surface area contributed by atoms with Crippen molar-refractivity contribution < 1.29 is 8.42 Å². The molecular weight excluding hydrogens is 374 g/mol. The lowest BCUT2D eigenvalue weighted by Gasteiger charge is -2.34. The number of piperidine rings is 1. The summed E-state index contributed by atoms with van der Waals surface area (Å²) in [7, 11) is -3.14. The van der Waals surface area contributed by atoms with Crippen LogP contribution < -0.4 is 10.2 Å². The second-order valence-electron chi connectivity index (χ2n) is 7.11. The van der Waals surface area contributed by atoms with Crippen molar-refractivity contribution in [3.8, 4) is 0 Å². The highest BCUT2D eigenvalue weighted by Crippen LogP contribution is 2.23. The summed E-state index contributed by atoms with van der Waals surface area (Å²) in [6.07, 6.45) is 7.47. The number of aromatic nitrogens is 3. The van der Waals surface area contributed by atoms with Crippen molar-refractivity contribution in [3.05, 3.63) is 48.4 Å². The van der Waals surface area contributed by atoms with E-state index in [9.17, 15) is 8.42 Å². The molecular formula is C20H25N5O2S. The molecule has 28 heavy (non-hydrogen) atoms. The molecule has 1 fully saturated rings. The van der Waals surface area contributed by atoms with Crippen LogP contribution in [0.2, 0.25) is 0 Å². The number of sulfone groups is 1. The molecule has 0 amide bonds. The van der Waals surface area contributed by atoms with Crippen LogP contribution in [0.3, 0.4) is 0 Å². The third-order valence-electron chi connectivity index (χ3n) is 5.40. The number of rotatable bonds is 6. The number of fused-ring (bicyclic) bond motifs is 1. The summed E-state index contributed by atoms with van der Waals surface area (Å²) in [4.78, 5) is 14.6. The minimum Gasteiger partial charge on any atom is -0.371 e. The predicted octanol–water partition coefficient (Wildman–Crippen LogP) is 2.51. The van der Waals surface area contributed by atoms with E-state index < -0.39 is 9.84 Å². The van der Waals surface area contributed by atoms with Crippen LogP contribution in [0.25, 0.3) is 11.2 Å². The molecule has 0 saturated carbocycles. The molecule has 3 heterocycles. The van der Waals surface area contributed by atoms with Gasteiger partial charge in [0.05, 0.1) is 10.6 Å². The molecule has 2 aromatic heterocycles. The van der Waals surface area contributed by atoms with Crippen molar-refractivity contribution in [3.63, 3.8) is 0 Å². The van der Waals surface area contributed by atoms with Crippen molar-refractivity contribution >= 4 is 26.7 Å². The smallest absolute Gasteiger partial charge is 0.178 e. The Balaban J connectivity index is 1.32. The number of H-pyrrole nitrogens is 1. The van der Waals surface area contributed by atoms with Crippen molar-refractivity contribution in [2.45, 2.75) is 37.2 Å². The summed E-state index contributed by atoms with van der Waals surface area (Å²) in [6.45, 7) is 4.34. The van der Waals surface area contributed by atoms with Crippen LogP contribution in [-0.2, 0) is 16.4 Å². The fourth-order valence-corrected chi connectivity index (χ4v) is 4.55. The molecule has 4 rings (SSSR count). The Bertz CT molecular complexity index is 1040. The lowest BCUT2D eigenvalue weighted by Crippen LogP contribution is -2.42. The topological polar surface area (TPSA) is 91.0 Å². The first-order valence-electron chi connectivity index (χ1n) is 9.65. The lowest BCUT2D eigenvalue weighted by atomic mass is 10.0. The van der Waals surface area contributed by atoms with Crippen molar-refractivity contribution in [2.24, 2.45) is 0 Å². The third-order valence-corrected chi connectivity index (χ3v) is 7.15. The quantitative estimate of drug-likeness (QED) is 0.662. The Morgan fingerprint density at radius 1 is 1.14 bits per heavy atom. The second kappa shape index (κ2) is 7.89. The van der Waals surface area contributed by atoms with E-state index >= 15 is 0 Å².